The monoisotopic (exact) mass is 454 g/mol. The van der Waals surface area contributed by atoms with Gasteiger partial charge in [0.25, 0.3) is 11.5 Å². The molecule has 4 aromatic rings. The van der Waals surface area contributed by atoms with Crippen LogP contribution in [0.1, 0.15) is 45.7 Å². The summed E-state index contributed by atoms with van der Waals surface area (Å²) in [5.74, 6) is -0.638. The minimum atomic E-state index is -0.729. The number of hydrogen-bond acceptors (Lipinski definition) is 4. The van der Waals surface area contributed by atoms with Gasteiger partial charge in [-0.1, -0.05) is 66.7 Å². The number of carbonyl (C=O) groups excluding carboxylic acids is 1. The molecule has 0 aliphatic rings. The number of amides is 1. The van der Waals surface area contributed by atoms with Crippen LogP contribution in [0.2, 0.25) is 0 Å². The van der Waals surface area contributed by atoms with E-state index >= 15 is 0 Å². The number of hydrogen-bond donors (Lipinski definition) is 1. The Bertz CT molecular complexity index is 1420. The fourth-order valence-electron chi connectivity index (χ4n) is 3.89. The van der Waals surface area contributed by atoms with Crippen LogP contribution < -0.4 is 16.6 Å². The van der Waals surface area contributed by atoms with E-state index in [4.69, 9.17) is 0 Å². The summed E-state index contributed by atoms with van der Waals surface area (Å²) in [5.41, 5.74) is 2.36. The number of benzene rings is 3. The fraction of sp³-hybridized carbons (Fsp3) is 0.185. The lowest BCUT2D eigenvalue weighted by atomic mass is 10.1. The predicted octanol–water partition coefficient (Wildman–Crippen LogP) is 3.55. The maximum absolute atomic E-state index is 13.4. The third-order valence-corrected chi connectivity index (χ3v) is 5.56. The molecule has 1 N–H and O–H groups in total. The Morgan fingerprint density at radius 3 is 2.12 bits per heavy atom. The molecule has 0 unspecified atom stereocenters. The minimum absolute atomic E-state index is 0.0281. The molecule has 0 aliphatic carbocycles. The van der Waals surface area contributed by atoms with Gasteiger partial charge in [0.1, 0.15) is 0 Å². The maximum Gasteiger partial charge on any atom is 0.352 e. The Kier molecular flexibility index (Phi) is 6.54. The summed E-state index contributed by atoms with van der Waals surface area (Å²) in [6, 6.07) is 23.8. The predicted molar refractivity (Wildman–Crippen MR) is 131 cm³/mol. The van der Waals surface area contributed by atoms with Crippen LogP contribution in [-0.2, 0) is 6.54 Å². The van der Waals surface area contributed by atoms with Crippen molar-refractivity contribution in [3.8, 4) is 5.69 Å². The summed E-state index contributed by atoms with van der Waals surface area (Å²) in [6.45, 7) is 5.68. The molecule has 3 aromatic carbocycles. The number of carbonyl (C=O) groups is 1. The van der Waals surface area contributed by atoms with Gasteiger partial charge in [-0.05, 0) is 55.2 Å². The van der Waals surface area contributed by atoms with Crippen LogP contribution in [0.25, 0.3) is 5.69 Å². The molecule has 4 rings (SSSR count). The standard InChI is InChI=1S/C27H26N4O3/c1-18-14-19(2)16-23(15-18)31-27(34)30(17-21-10-6-4-7-11-21)26(33)24(29-31)25(32)28-20(3)22-12-8-5-9-13-22/h4-16,20H,17H2,1-3H3,(H,28,32)/t20-/m0/s1. The van der Waals surface area contributed by atoms with Crippen molar-refractivity contribution in [3.05, 3.63) is 128 Å². The molecular formula is C27H26N4O3. The molecule has 0 aliphatic heterocycles. The van der Waals surface area contributed by atoms with Crippen LogP contribution in [-0.4, -0.2) is 20.3 Å². The largest absolute Gasteiger partial charge is 0.352 e. The molecule has 172 valence electrons. The molecule has 1 heterocycles. The van der Waals surface area contributed by atoms with E-state index in [1.165, 1.54) is 0 Å². The van der Waals surface area contributed by atoms with Gasteiger partial charge in [-0.3, -0.25) is 14.2 Å². The summed E-state index contributed by atoms with van der Waals surface area (Å²) < 4.78 is 2.19. The molecule has 34 heavy (non-hydrogen) atoms. The number of rotatable bonds is 6. The van der Waals surface area contributed by atoms with Crippen molar-refractivity contribution in [1.29, 1.82) is 0 Å². The van der Waals surface area contributed by atoms with Crippen LogP contribution in [0.5, 0.6) is 0 Å². The summed E-state index contributed by atoms with van der Waals surface area (Å²) >= 11 is 0. The first-order chi connectivity index (χ1) is 16.3. The highest BCUT2D eigenvalue weighted by Gasteiger charge is 2.22. The molecule has 0 fully saturated rings. The highest BCUT2D eigenvalue weighted by Crippen LogP contribution is 2.13. The third kappa shape index (κ3) is 4.88. The first kappa shape index (κ1) is 22.9. The summed E-state index contributed by atoms with van der Waals surface area (Å²) in [6.07, 6.45) is 0. The zero-order chi connectivity index (χ0) is 24.2. The molecule has 7 heteroatoms. The van der Waals surface area contributed by atoms with Crippen LogP contribution in [0.15, 0.2) is 88.5 Å². The van der Waals surface area contributed by atoms with Crippen molar-refractivity contribution in [2.45, 2.75) is 33.4 Å². The van der Waals surface area contributed by atoms with Gasteiger partial charge in [0, 0.05) is 0 Å². The SMILES string of the molecule is Cc1cc(C)cc(-n2nc(C(=O)N[C@@H](C)c3ccccc3)c(=O)n(Cc3ccccc3)c2=O)c1. The van der Waals surface area contributed by atoms with Crippen LogP contribution in [0.3, 0.4) is 0 Å². The van der Waals surface area contributed by atoms with Crippen LogP contribution in [0.4, 0.5) is 0 Å². The van der Waals surface area contributed by atoms with E-state index in [1.54, 1.807) is 12.1 Å². The van der Waals surface area contributed by atoms with Gasteiger partial charge >= 0.3 is 5.69 Å². The molecule has 0 bridgehead atoms. The smallest absolute Gasteiger partial charge is 0.344 e. The summed E-state index contributed by atoms with van der Waals surface area (Å²) in [4.78, 5) is 39.8. The molecule has 1 aromatic heterocycles. The lowest BCUT2D eigenvalue weighted by Gasteiger charge is -2.16. The van der Waals surface area contributed by atoms with Gasteiger partial charge in [0.15, 0.2) is 0 Å². The number of nitrogens with zero attached hydrogens (tertiary/aromatic N) is 3. The number of aryl methyl sites for hydroxylation is 2. The summed E-state index contributed by atoms with van der Waals surface area (Å²) in [5, 5.41) is 7.07. The van der Waals surface area contributed by atoms with E-state index in [-0.39, 0.29) is 18.3 Å². The average Bonchev–Trinajstić information content (AvgIpc) is 2.82. The second kappa shape index (κ2) is 9.70. The zero-order valence-electron chi connectivity index (χ0n) is 19.4. The summed E-state index contributed by atoms with van der Waals surface area (Å²) in [7, 11) is 0. The Balaban J connectivity index is 1.83. The average molecular weight is 455 g/mol. The molecule has 0 spiro atoms. The van der Waals surface area contributed by atoms with Crippen LogP contribution >= 0.6 is 0 Å². The highest BCUT2D eigenvalue weighted by molar-refractivity contribution is 5.92. The van der Waals surface area contributed by atoms with Crippen molar-refractivity contribution in [3.63, 3.8) is 0 Å². The molecule has 0 saturated heterocycles. The zero-order valence-corrected chi connectivity index (χ0v) is 19.4. The fourth-order valence-corrected chi connectivity index (χ4v) is 3.89. The lowest BCUT2D eigenvalue weighted by molar-refractivity contribution is 0.0930. The van der Waals surface area contributed by atoms with Crippen molar-refractivity contribution >= 4 is 5.91 Å². The quantitative estimate of drug-likeness (QED) is 0.483. The van der Waals surface area contributed by atoms with E-state index in [1.807, 2.05) is 87.5 Å². The molecule has 1 atom stereocenters. The Labute approximate surface area is 197 Å². The molecule has 0 saturated carbocycles. The maximum atomic E-state index is 13.4. The van der Waals surface area contributed by atoms with E-state index < -0.39 is 17.2 Å². The third-order valence-electron chi connectivity index (χ3n) is 5.56. The Morgan fingerprint density at radius 2 is 1.50 bits per heavy atom. The topological polar surface area (TPSA) is 86.0 Å². The highest BCUT2D eigenvalue weighted by atomic mass is 16.2. The Hall–Kier alpha value is -4.26. The van der Waals surface area contributed by atoms with Gasteiger partial charge in [0.2, 0.25) is 5.69 Å². The minimum Gasteiger partial charge on any atom is -0.344 e. The second-order valence-corrected chi connectivity index (χ2v) is 8.37. The second-order valence-electron chi connectivity index (χ2n) is 8.37. The van der Waals surface area contributed by atoms with Gasteiger partial charge < -0.3 is 5.32 Å². The number of nitrogens with one attached hydrogen (secondary N) is 1. The molecular weight excluding hydrogens is 428 g/mol. The van der Waals surface area contributed by atoms with E-state index in [9.17, 15) is 14.4 Å². The first-order valence-corrected chi connectivity index (χ1v) is 11.1. The number of aromatic nitrogens is 3. The van der Waals surface area contributed by atoms with Crippen molar-refractivity contribution < 1.29 is 4.79 Å². The molecule has 7 nitrogen and oxygen atoms in total. The first-order valence-electron chi connectivity index (χ1n) is 11.1. The van der Waals surface area contributed by atoms with E-state index in [2.05, 4.69) is 10.4 Å². The van der Waals surface area contributed by atoms with Gasteiger partial charge in [-0.25, -0.2) is 4.79 Å². The lowest BCUT2D eigenvalue weighted by Crippen LogP contribution is -2.46. The van der Waals surface area contributed by atoms with Gasteiger partial charge in [0.05, 0.1) is 18.3 Å². The van der Waals surface area contributed by atoms with Crippen LogP contribution in [0, 0.1) is 13.8 Å². The Morgan fingerprint density at radius 1 is 0.912 bits per heavy atom. The van der Waals surface area contributed by atoms with Gasteiger partial charge in [-0.2, -0.15) is 9.78 Å². The van der Waals surface area contributed by atoms with E-state index in [0.717, 1.165) is 31.5 Å². The van der Waals surface area contributed by atoms with E-state index in [0.29, 0.717) is 5.69 Å². The van der Waals surface area contributed by atoms with Gasteiger partial charge in [-0.15, -0.1) is 0 Å². The molecule has 0 radical (unpaired) electrons. The molecule has 1 amide bonds. The normalized spacial score (nSPS) is 11.7. The van der Waals surface area contributed by atoms with Crippen molar-refractivity contribution in [2.75, 3.05) is 0 Å². The van der Waals surface area contributed by atoms with Crippen molar-refractivity contribution in [2.24, 2.45) is 0 Å². The van der Waals surface area contributed by atoms with Crippen molar-refractivity contribution in [1.82, 2.24) is 19.7 Å².